The number of rotatable bonds is 3. The van der Waals surface area contributed by atoms with Gasteiger partial charge in [-0.1, -0.05) is 49.8 Å². The highest BCUT2D eigenvalue weighted by atomic mass is 16.3. The Labute approximate surface area is 188 Å². The van der Waals surface area contributed by atoms with Crippen molar-refractivity contribution in [2.45, 2.75) is 76.9 Å². The van der Waals surface area contributed by atoms with E-state index in [0.29, 0.717) is 17.8 Å². The van der Waals surface area contributed by atoms with Gasteiger partial charge in [0.25, 0.3) is 5.91 Å². The van der Waals surface area contributed by atoms with Crippen molar-refractivity contribution in [1.29, 1.82) is 0 Å². The summed E-state index contributed by atoms with van der Waals surface area (Å²) in [6.45, 7) is 4.28. The van der Waals surface area contributed by atoms with E-state index in [1.54, 1.807) is 17.2 Å². The van der Waals surface area contributed by atoms with Gasteiger partial charge in [0.1, 0.15) is 11.2 Å². The second-order valence-corrected chi connectivity index (χ2v) is 9.55. The van der Waals surface area contributed by atoms with Gasteiger partial charge in [0.2, 0.25) is 5.91 Å². The molecule has 6 nitrogen and oxygen atoms in total. The predicted octanol–water partition coefficient (Wildman–Crippen LogP) is 5.19. The van der Waals surface area contributed by atoms with Gasteiger partial charge in [-0.3, -0.25) is 14.5 Å². The molecule has 1 aliphatic heterocycles. The first kappa shape index (κ1) is 20.9. The van der Waals surface area contributed by atoms with E-state index < -0.39 is 5.54 Å². The number of furan rings is 1. The van der Waals surface area contributed by atoms with Crippen molar-refractivity contribution in [2.24, 2.45) is 0 Å². The number of anilines is 1. The molecule has 0 spiro atoms. The molecule has 0 saturated heterocycles. The lowest BCUT2D eigenvalue weighted by Crippen LogP contribution is -2.65. The summed E-state index contributed by atoms with van der Waals surface area (Å²) < 4.78 is 7.49. The highest BCUT2D eigenvalue weighted by Gasteiger charge is 2.49. The van der Waals surface area contributed by atoms with Crippen molar-refractivity contribution in [1.82, 2.24) is 9.88 Å². The maximum absolute atomic E-state index is 13.8. The van der Waals surface area contributed by atoms with E-state index in [4.69, 9.17) is 4.42 Å². The molecule has 1 N–H and O–H groups in total. The van der Waals surface area contributed by atoms with Gasteiger partial charge in [-0.25, -0.2) is 0 Å². The maximum atomic E-state index is 13.8. The van der Waals surface area contributed by atoms with Crippen LogP contribution < -0.4 is 10.2 Å². The quantitative estimate of drug-likeness (QED) is 0.618. The Morgan fingerprint density at radius 2 is 1.75 bits per heavy atom. The van der Waals surface area contributed by atoms with E-state index in [0.717, 1.165) is 42.5 Å². The molecule has 32 heavy (non-hydrogen) atoms. The zero-order valence-electron chi connectivity index (χ0n) is 18.9. The number of carbonyl (C=O) groups is 2. The van der Waals surface area contributed by atoms with Crippen LogP contribution >= 0.6 is 0 Å². The van der Waals surface area contributed by atoms with Gasteiger partial charge in [0.05, 0.1) is 18.3 Å². The lowest BCUT2D eigenvalue weighted by molar-refractivity contribution is -0.127. The summed E-state index contributed by atoms with van der Waals surface area (Å²) in [6, 6.07) is 11.6. The van der Waals surface area contributed by atoms with Crippen LogP contribution in [0.4, 0.5) is 5.69 Å². The summed E-state index contributed by atoms with van der Waals surface area (Å²) in [6.07, 6.45) is 9.64. The van der Waals surface area contributed by atoms with Crippen LogP contribution in [0.15, 0.2) is 47.1 Å². The van der Waals surface area contributed by atoms with Gasteiger partial charge in [-0.15, -0.1) is 0 Å². The largest absolute Gasteiger partial charge is 0.463 e. The number of aryl methyl sites for hydroxylation is 1. The van der Waals surface area contributed by atoms with Gasteiger partial charge in [-0.05, 0) is 38.8 Å². The third-order valence-electron chi connectivity index (χ3n) is 7.13. The molecule has 5 rings (SSSR count). The number of benzene rings is 1. The van der Waals surface area contributed by atoms with Crippen LogP contribution in [-0.4, -0.2) is 28.0 Å². The third-order valence-corrected chi connectivity index (χ3v) is 7.13. The van der Waals surface area contributed by atoms with Gasteiger partial charge in [0.15, 0.2) is 5.58 Å². The summed E-state index contributed by atoms with van der Waals surface area (Å²) in [5, 5.41) is 3.32. The number of nitrogens with zero attached hydrogens (tertiary/aromatic N) is 2. The number of amides is 2. The minimum Gasteiger partial charge on any atom is -0.463 e. The third kappa shape index (κ3) is 3.51. The van der Waals surface area contributed by atoms with Crippen molar-refractivity contribution in [3.63, 3.8) is 0 Å². The topological polar surface area (TPSA) is 67.5 Å². The van der Waals surface area contributed by atoms with Crippen LogP contribution in [0.3, 0.4) is 0 Å². The molecule has 2 aliphatic rings. The molecule has 2 amide bonds. The van der Waals surface area contributed by atoms with E-state index >= 15 is 0 Å². The standard InChI is InChI=1S/C26H31N3O3/c1-18-10-12-20(13-11-18)29-24(30)22-16-23-21(14-15-32-23)28(22)17-26(29,2)25(31)27-19-8-6-4-3-5-7-9-19/h10-16,19H,3-9,17H2,1-2H3,(H,27,31). The fourth-order valence-electron chi connectivity index (χ4n) is 5.25. The van der Waals surface area contributed by atoms with Gasteiger partial charge in [-0.2, -0.15) is 0 Å². The Morgan fingerprint density at radius 3 is 2.47 bits per heavy atom. The predicted molar refractivity (Wildman–Crippen MR) is 125 cm³/mol. The second-order valence-electron chi connectivity index (χ2n) is 9.55. The Morgan fingerprint density at radius 1 is 1.06 bits per heavy atom. The molecule has 3 heterocycles. The molecule has 3 aromatic rings. The van der Waals surface area contributed by atoms with Crippen molar-refractivity contribution in [2.75, 3.05) is 4.90 Å². The average Bonchev–Trinajstić information content (AvgIpc) is 3.34. The highest BCUT2D eigenvalue weighted by Crippen LogP contribution is 2.36. The van der Waals surface area contributed by atoms with E-state index in [1.165, 1.54) is 19.3 Å². The van der Waals surface area contributed by atoms with Crippen LogP contribution in [0.1, 0.15) is 67.9 Å². The molecule has 1 aromatic carbocycles. The highest BCUT2D eigenvalue weighted by molar-refractivity contribution is 6.13. The summed E-state index contributed by atoms with van der Waals surface area (Å²) in [5.74, 6) is -0.269. The van der Waals surface area contributed by atoms with E-state index in [9.17, 15) is 9.59 Å². The van der Waals surface area contributed by atoms with Crippen LogP contribution in [0.5, 0.6) is 0 Å². The first-order valence-corrected chi connectivity index (χ1v) is 11.8. The Bertz CT molecular complexity index is 1130. The average molecular weight is 434 g/mol. The SMILES string of the molecule is Cc1ccc(N2C(=O)c3cc4occc4n3CC2(C)C(=O)NC2CCCCCCC2)cc1. The fourth-order valence-corrected chi connectivity index (χ4v) is 5.25. The molecular weight excluding hydrogens is 402 g/mol. The lowest BCUT2D eigenvalue weighted by atomic mass is 9.91. The molecule has 1 atom stereocenters. The lowest BCUT2D eigenvalue weighted by Gasteiger charge is -2.44. The van der Waals surface area contributed by atoms with Crippen LogP contribution in [0.25, 0.3) is 11.1 Å². The van der Waals surface area contributed by atoms with Gasteiger partial charge in [0, 0.05) is 23.9 Å². The Hall–Kier alpha value is -3.02. The Kier molecular flexibility index (Phi) is 5.31. The number of hydrogen-bond donors (Lipinski definition) is 1. The van der Waals surface area contributed by atoms with E-state index in [2.05, 4.69) is 5.32 Å². The first-order valence-electron chi connectivity index (χ1n) is 11.8. The minimum absolute atomic E-state index is 0.0898. The number of hydrogen-bond acceptors (Lipinski definition) is 3. The van der Waals surface area contributed by atoms with Crippen LogP contribution in [0, 0.1) is 6.92 Å². The molecule has 1 unspecified atom stereocenters. The molecule has 1 fully saturated rings. The van der Waals surface area contributed by atoms with Crippen LogP contribution in [-0.2, 0) is 11.3 Å². The molecule has 6 heteroatoms. The molecule has 1 saturated carbocycles. The van der Waals surface area contributed by atoms with Gasteiger partial charge < -0.3 is 14.3 Å². The molecule has 0 bridgehead atoms. The number of nitrogens with one attached hydrogen (secondary N) is 1. The van der Waals surface area contributed by atoms with Crippen molar-refractivity contribution in [3.8, 4) is 0 Å². The van der Waals surface area contributed by atoms with Crippen molar-refractivity contribution < 1.29 is 14.0 Å². The number of carbonyl (C=O) groups excluding carboxylic acids is 2. The Balaban J connectivity index is 1.54. The molecule has 2 aromatic heterocycles. The van der Waals surface area contributed by atoms with Crippen LogP contribution in [0.2, 0.25) is 0 Å². The fraction of sp³-hybridized carbons (Fsp3) is 0.462. The number of aromatic nitrogens is 1. The first-order chi connectivity index (χ1) is 15.5. The summed E-state index contributed by atoms with van der Waals surface area (Å²) in [7, 11) is 0. The summed E-state index contributed by atoms with van der Waals surface area (Å²) in [4.78, 5) is 29.3. The maximum Gasteiger partial charge on any atom is 0.276 e. The minimum atomic E-state index is -1.05. The molecule has 0 radical (unpaired) electrons. The molecule has 168 valence electrons. The second kappa shape index (κ2) is 8.15. The van der Waals surface area contributed by atoms with E-state index in [-0.39, 0.29) is 17.9 Å². The van der Waals surface area contributed by atoms with Gasteiger partial charge >= 0.3 is 0 Å². The summed E-state index contributed by atoms with van der Waals surface area (Å²) in [5.41, 5.74) is 2.87. The van der Waals surface area contributed by atoms with Crippen molar-refractivity contribution in [3.05, 3.63) is 53.9 Å². The summed E-state index contributed by atoms with van der Waals surface area (Å²) >= 11 is 0. The monoisotopic (exact) mass is 433 g/mol. The van der Waals surface area contributed by atoms with Crippen molar-refractivity contribution >= 4 is 28.6 Å². The molecule has 1 aliphatic carbocycles. The number of fused-ring (bicyclic) bond motifs is 3. The zero-order valence-corrected chi connectivity index (χ0v) is 18.9. The van der Waals surface area contributed by atoms with E-state index in [1.807, 2.05) is 48.7 Å². The zero-order chi connectivity index (χ0) is 22.3. The normalized spacial score (nSPS) is 22.4. The molecular formula is C26H31N3O3. The smallest absolute Gasteiger partial charge is 0.276 e.